The van der Waals surface area contributed by atoms with Crippen molar-refractivity contribution in [1.29, 1.82) is 5.26 Å². The van der Waals surface area contributed by atoms with Crippen LogP contribution in [0.25, 0.3) is 0 Å². The molecule has 98 valence electrons. The third kappa shape index (κ3) is 3.94. The molecule has 0 heterocycles. The lowest BCUT2D eigenvalue weighted by atomic mass is 10.1. The van der Waals surface area contributed by atoms with Gasteiger partial charge in [0.05, 0.1) is 11.3 Å². The summed E-state index contributed by atoms with van der Waals surface area (Å²) in [5, 5.41) is 12.5. The van der Waals surface area contributed by atoms with Gasteiger partial charge in [0.25, 0.3) is 0 Å². The van der Waals surface area contributed by atoms with E-state index in [1.54, 1.807) is 11.8 Å². The van der Waals surface area contributed by atoms with Crippen molar-refractivity contribution >= 4 is 17.4 Å². The van der Waals surface area contributed by atoms with E-state index in [-0.39, 0.29) is 6.04 Å². The van der Waals surface area contributed by atoms with Crippen LogP contribution in [-0.2, 0) is 0 Å². The Bertz CT molecular complexity index is 424. The second kappa shape index (κ2) is 7.30. The van der Waals surface area contributed by atoms with Crippen LogP contribution in [0.1, 0.15) is 26.3 Å². The van der Waals surface area contributed by atoms with Crippen LogP contribution in [0.4, 0.5) is 5.69 Å². The Labute approximate surface area is 114 Å². The summed E-state index contributed by atoms with van der Waals surface area (Å²) < 4.78 is 0. The van der Waals surface area contributed by atoms with Crippen LogP contribution >= 0.6 is 11.8 Å². The summed E-state index contributed by atoms with van der Waals surface area (Å²) in [6, 6.07) is 8.27. The average molecular weight is 263 g/mol. The molecule has 0 aliphatic heterocycles. The van der Waals surface area contributed by atoms with Gasteiger partial charge in [-0.2, -0.15) is 5.26 Å². The summed E-state index contributed by atoms with van der Waals surface area (Å²) in [6.07, 6.45) is 0. The molecule has 0 radical (unpaired) electrons. The van der Waals surface area contributed by atoms with Crippen molar-refractivity contribution in [3.05, 3.63) is 23.8 Å². The largest absolute Gasteiger partial charge is 0.382 e. The maximum Gasteiger partial charge on any atom is 0.102 e. The van der Waals surface area contributed by atoms with E-state index in [0.717, 1.165) is 21.9 Å². The average Bonchev–Trinajstić information content (AvgIpc) is 2.36. The monoisotopic (exact) mass is 263 g/mol. The van der Waals surface area contributed by atoms with E-state index in [1.807, 2.05) is 18.2 Å². The quantitative estimate of drug-likeness (QED) is 0.774. The van der Waals surface area contributed by atoms with Gasteiger partial charge in [0.1, 0.15) is 6.07 Å². The molecule has 1 rings (SSSR count). The van der Waals surface area contributed by atoms with Crippen molar-refractivity contribution in [2.75, 3.05) is 17.6 Å². The lowest BCUT2D eigenvalue weighted by Gasteiger charge is -2.18. The molecular formula is C14H21N3S. The van der Waals surface area contributed by atoms with E-state index >= 15 is 0 Å². The number of nitrogens with two attached hydrogens (primary N) is 1. The molecule has 1 aromatic rings. The third-order valence-electron chi connectivity index (χ3n) is 2.82. The van der Waals surface area contributed by atoms with E-state index in [9.17, 15) is 5.26 Å². The SMILES string of the molecule is CCSc1cccc(NCC(N)C(C)C)c1C#N. The maximum atomic E-state index is 9.27. The number of benzene rings is 1. The number of nitriles is 1. The minimum atomic E-state index is 0.0963. The Kier molecular flexibility index (Phi) is 6.03. The lowest BCUT2D eigenvalue weighted by molar-refractivity contribution is 0.511. The second-order valence-corrected chi connectivity index (χ2v) is 5.82. The highest BCUT2D eigenvalue weighted by molar-refractivity contribution is 7.99. The van der Waals surface area contributed by atoms with Gasteiger partial charge < -0.3 is 11.1 Å². The molecule has 0 aliphatic rings. The van der Waals surface area contributed by atoms with Crippen molar-refractivity contribution in [2.24, 2.45) is 11.7 Å². The number of rotatable bonds is 6. The van der Waals surface area contributed by atoms with Gasteiger partial charge in [-0.1, -0.05) is 26.8 Å². The van der Waals surface area contributed by atoms with Gasteiger partial charge in [0, 0.05) is 17.5 Å². The molecule has 0 fully saturated rings. The normalized spacial score (nSPS) is 12.2. The van der Waals surface area contributed by atoms with Crippen LogP contribution in [0.3, 0.4) is 0 Å². The molecule has 0 spiro atoms. The summed E-state index contributed by atoms with van der Waals surface area (Å²) in [5.74, 6) is 1.39. The van der Waals surface area contributed by atoms with Gasteiger partial charge in [-0.25, -0.2) is 0 Å². The molecule has 1 unspecified atom stereocenters. The van der Waals surface area contributed by atoms with E-state index in [1.165, 1.54) is 0 Å². The molecule has 1 aromatic carbocycles. The maximum absolute atomic E-state index is 9.27. The van der Waals surface area contributed by atoms with Crippen molar-refractivity contribution < 1.29 is 0 Å². The van der Waals surface area contributed by atoms with Crippen LogP contribution < -0.4 is 11.1 Å². The molecule has 0 aliphatic carbocycles. The molecule has 0 saturated heterocycles. The molecule has 0 bridgehead atoms. The Balaban J connectivity index is 2.83. The minimum Gasteiger partial charge on any atom is -0.382 e. The van der Waals surface area contributed by atoms with Crippen LogP contribution in [0.15, 0.2) is 23.1 Å². The Morgan fingerprint density at radius 3 is 2.72 bits per heavy atom. The van der Waals surface area contributed by atoms with E-state index < -0.39 is 0 Å². The van der Waals surface area contributed by atoms with E-state index in [0.29, 0.717) is 12.5 Å². The number of nitrogens with one attached hydrogen (secondary N) is 1. The highest BCUT2D eigenvalue weighted by Crippen LogP contribution is 2.27. The predicted molar refractivity (Wildman–Crippen MR) is 78.9 cm³/mol. The van der Waals surface area contributed by atoms with Crippen molar-refractivity contribution in [3.63, 3.8) is 0 Å². The molecule has 0 aromatic heterocycles. The number of nitrogens with zero attached hydrogens (tertiary/aromatic N) is 1. The summed E-state index contributed by atoms with van der Waals surface area (Å²) in [6.45, 7) is 6.97. The molecule has 3 N–H and O–H groups in total. The first-order chi connectivity index (χ1) is 8.60. The minimum absolute atomic E-state index is 0.0963. The van der Waals surface area contributed by atoms with Gasteiger partial charge in [-0.15, -0.1) is 11.8 Å². The summed E-state index contributed by atoms with van der Waals surface area (Å²) in [4.78, 5) is 1.03. The highest BCUT2D eigenvalue weighted by Gasteiger charge is 2.11. The summed E-state index contributed by atoms with van der Waals surface area (Å²) >= 11 is 1.69. The molecule has 18 heavy (non-hydrogen) atoms. The van der Waals surface area contributed by atoms with E-state index in [2.05, 4.69) is 32.2 Å². The van der Waals surface area contributed by atoms with E-state index in [4.69, 9.17) is 5.73 Å². The third-order valence-corrected chi connectivity index (χ3v) is 3.76. The zero-order chi connectivity index (χ0) is 13.5. The van der Waals surface area contributed by atoms with Crippen molar-refractivity contribution in [1.82, 2.24) is 0 Å². The predicted octanol–water partition coefficient (Wildman–Crippen LogP) is 3.07. The van der Waals surface area contributed by atoms with Crippen molar-refractivity contribution in [3.8, 4) is 6.07 Å². The number of thioether (sulfide) groups is 1. The second-order valence-electron chi connectivity index (χ2n) is 4.51. The first-order valence-corrected chi connectivity index (χ1v) is 7.24. The molecule has 0 saturated carbocycles. The lowest BCUT2D eigenvalue weighted by Crippen LogP contribution is -2.34. The van der Waals surface area contributed by atoms with Gasteiger partial charge in [-0.05, 0) is 23.8 Å². The molecule has 0 amide bonds. The van der Waals surface area contributed by atoms with Gasteiger partial charge in [-0.3, -0.25) is 0 Å². The van der Waals surface area contributed by atoms with Crippen LogP contribution in [0.2, 0.25) is 0 Å². The topological polar surface area (TPSA) is 61.8 Å². The number of hydrogen-bond donors (Lipinski definition) is 2. The van der Waals surface area contributed by atoms with Crippen LogP contribution in [-0.4, -0.2) is 18.3 Å². The molecule has 1 atom stereocenters. The fourth-order valence-corrected chi connectivity index (χ4v) is 2.32. The van der Waals surface area contributed by atoms with Crippen LogP contribution in [0, 0.1) is 17.2 Å². The van der Waals surface area contributed by atoms with Gasteiger partial charge >= 0.3 is 0 Å². The summed E-state index contributed by atoms with van der Waals surface area (Å²) in [5.41, 5.74) is 7.61. The highest BCUT2D eigenvalue weighted by atomic mass is 32.2. The Morgan fingerprint density at radius 1 is 1.44 bits per heavy atom. The van der Waals surface area contributed by atoms with Crippen molar-refractivity contribution in [2.45, 2.75) is 31.7 Å². The first kappa shape index (κ1) is 14.9. The standard InChI is InChI=1S/C14H21N3S/c1-4-18-14-7-5-6-13(11(14)8-15)17-9-12(16)10(2)3/h5-7,10,12,17H,4,9,16H2,1-3H3. The zero-order valence-corrected chi connectivity index (χ0v) is 12.1. The number of hydrogen-bond acceptors (Lipinski definition) is 4. The van der Waals surface area contributed by atoms with Gasteiger partial charge in [0.2, 0.25) is 0 Å². The fraction of sp³-hybridized carbons (Fsp3) is 0.500. The number of anilines is 1. The van der Waals surface area contributed by atoms with Gasteiger partial charge in [0.15, 0.2) is 0 Å². The first-order valence-electron chi connectivity index (χ1n) is 6.25. The smallest absolute Gasteiger partial charge is 0.102 e. The summed E-state index contributed by atoms with van der Waals surface area (Å²) in [7, 11) is 0. The Hall–Kier alpha value is -1.18. The fourth-order valence-electron chi connectivity index (χ4n) is 1.53. The van der Waals surface area contributed by atoms with Crippen LogP contribution in [0.5, 0.6) is 0 Å². The molecule has 4 heteroatoms. The Morgan fingerprint density at radius 2 is 2.17 bits per heavy atom. The zero-order valence-electron chi connectivity index (χ0n) is 11.2. The molecular weight excluding hydrogens is 242 g/mol. The molecule has 3 nitrogen and oxygen atoms in total.